The summed E-state index contributed by atoms with van der Waals surface area (Å²) in [6.07, 6.45) is 10.6. The fourth-order valence-electron chi connectivity index (χ4n) is 2.52. The Bertz CT molecular complexity index is 857. The van der Waals surface area contributed by atoms with Crippen LogP contribution in [0.2, 0.25) is 0 Å². The average Bonchev–Trinajstić information content (AvgIpc) is 2.96. The predicted octanol–water partition coefficient (Wildman–Crippen LogP) is 2.58. The molecule has 23 heavy (non-hydrogen) atoms. The van der Waals surface area contributed by atoms with Crippen LogP contribution in [0.3, 0.4) is 0 Å². The number of anilines is 2. The zero-order valence-electron chi connectivity index (χ0n) is 13.3. The monoisotopic (exact) mass is 327 g/mol. The number of nitrogen functional groups attached to an aromatic ring is 1. The van der Waals surface area contributed by atoms with Gasteiger partial charge in [-0.2, -0.15) is 0 Å². The Morgan fingerprint density at radius 2 is 2.09 bits per heavy atom. The fourth-order valence-corrected chi connectivity index (χ4v) is 3.17. The normalized spacial score (nSPS) is 11.7. The average molecular weight is 327 g/mol. The molecule has 0 aliphatic heterocycles. The summed E-state index contributed by atoms with van der Waals surface area (Å²) in [5.74, 6) is 0.268. The van der Waals surface area contributed by atoms with E-state index in [9.17, 15) is 0 Å². The molecule has 3 aromatic rings. The minimum Gasteiger partial charge on any atom is -0.370 e. The summed E-state index contributed by atoms with van der Waals surface area (Å²) < 4.78 is 0. The highest BCUT2D eigenvalue weighted by molar-refractivity contribution is 7.54. The quantitative estimate of drug-likeness (QED) is 0.704. The molecule has 0 aromatic carbocycles. The lowest BCUT2D eigenvalue weighted by atomic mass is 10.1. The smallest absolute Gasteiger partial charge is 0.220 e. The zero-order chi connectivity index (χ0) is 16.4. The third-order valence-corrected chi connectivity index (χ3v) is 4.69. The van der Waals surface area contributed by atoms with Crippen LogP contribution in [0.1, 0.15) is 0 Å². The number of pyridine rings is 1. The molecule has 1 atom stereocenters. The van der Waals surface area contributed by atoms with Crippen LogP contribution in [-0.2, 0) is 0 Å². The maximum Gasteiger partial charge on any atom is 0.220 e. The highest BCUT2D eigenvalue weighted by Crippen LogP contribution is 2.34. The van der Waals surface area contributed by atoms with Gasteiger partial charge in [0.25, 0.3) is 0 Å². The maximum atomic E-state index is 5.72. The number of H-pyrrole nitrogens is 1. The van der Waals surface area contributed by atoms with Crippen LogP contribution in [0.15, 0.2) is 30.7 Å². The van der Waals surface area contributed by atoms with Gasteiger partial charge in [0.15, 0.2) is 0 Å². The van der Waals surface area contributed by atoms with Crippen molar-refractivity contribution in [2.75, 3.05) is 37.1 Å². The standard InChI is InChI=1S/C16H20N6P/c1-22(8-9-23(2)3)13-5-7-18-15-14(13)11(10-20-15)12-4-6-19-16(17)21-12/h4-7,10H,2,8-9H2,1,3H3,(H,18,20)(H2,17,19,21)/q+1. The molecule has 1 unspecified atom stereocenters. The van der Waals surface area contributed by atoms with Gasteiger partial charge in [0.1, 0.15) is 11.8 Å². The van der Waals surface area contributed by atoms with Gasteiger partial charge in [-0.05, 0) is 12.1 Å². The van der Waals surface area contributed by atoms with Crippen LogP contribution < -0.4 is 10.6 Å². The number of hydrogen-bond acceptors (Lipinski definition) is 5. The van der Waals surface area contributed by atoms with Crippen molar-refractivity contribution in [3.8, 4) is 11.3 Å². The Hall–Kier alpha value is -2.46. The Morgan fingerprint density at radius 3 is 2.83 bits per heavy atom. The second kappa shape index (κ2) is 6.34. The van der Waals surface area contributed by atoms with E-state index < -0.39 is 0 Å². The van der Waals surface area contributed by atoms with E-state index in [2.05, 4.69) is 44.8 Å². The molecular weight excluding hydrogens is 307 g/mol. The number of fused-ring (bicyclic) bond motifs is 1. The van der Waals surface area contributed by atoms with Crippen molar-refractivity contribution < 1.29 is 0 Å². The predicted molar refractivity (Wildman–Crippen MR) is 99.6 cm³/mol. The third kappa shape index (κ3) is 3.17. The topological polar surface area (TPSA) is 83.7 Å². The molecule has 3 heterocycles. The molecule has 0 amide bonds. The summed E-state index contributed by atoms with van der Waals surface area (Å²) in [5.41, 5.74) is 9.47. The first-order valence-electron chi connectivity index (χ1n) is 7.34. The van der Waals surface area contributed by atoms with Gasteiger partial charge in [-0.1, -0.05) is 0 Å². The molecule has 0 fully saturated rings. The van der Waals surface area contributed by atoms with Crippen molar-refractivity contribution in [1.29, 1.82) is 0 Å². The first-order chi connectivity index (χ1) is 11.1. The molecular formula is C16H20N6P+. The Labute approximate surface area is 136 Å². The van der Waals surface area contributed by atoms with Gasteiger partial charge in [0, 0.05) is 36.9 Å². The van der Waals surface area contributed by atoms with E-state index in [0.717, 1.165) is 40.7 Å². The van der Waals surface area contributed by atoms with Gasteiger partial charge in [0.2, 0.25) is 5.95 Å². The number of nitrogens with one attached hydrogen (secondary N) is 1. The summed E-state index contributed by atoms with van der Waals surface area (Å²) in [5, 5.41) is 1.05. The van der Waals surface area contributed by atoms with Crippen LogP contribution >= 0.6 is 7.55 Å². The van der Waals surface area contributed by atoms with E-state index in [4.69, 9.17) is 5.73 Å². The number of rotatable bonds is 5. The second-order valence-electron chi connectivity index (χ2n) is 5.56. The van der Waals surface area contributed by atoms with Crippen LogP contribution in [0, 0.1) is 0 Å². The van der Waals surface area contributed by atoms with Crippen LogP contribution in [-0.4, -0.2) is 52.7 Å². The van der Waals surface area contributed by atoms with Crippen molar-refractivity contribution in [3.63, 3.8) is 0 Å². The molecule has 0 radical (unpaired) electrons. The van der Waals surface area contributed by atoms with Gasteiger partial charge >= 0.3 is 0 Å². The number of nitrogens with two attached hydrogens (primary N) is 1. The molecule has 0 saturated heterocycles. The van der Waals surface area contributed by atoms with Crippen molar-refractivity contribution in [2.24, 2.45) is 0 Å². The first-order valence-corrected chi connectivity index (χ1v) is 9.50. The summed E-state index contributed by atoms with van der Waals surface area (Å²) in [7, 11) is 1.93. The summed E-state index contributed by atoms with van der Waals surface area (Å²) in [4.78, 5) is 18.2. The van der Waals surface area contributed by atoms with Crippen LogP contribution in [0.5, 0.6) is 0 Å². The molecule has 3 N–H and O–H groups in total. The molecule has 0 bridgehead atoms. The molecule has 0 spiro atoms. The SMILES string of the molecule is C=[P+](C)CCN(C)c1ccnc2[nH]cc(-c3ccnc(N)n3)c12. The Morgan fingerprint density at radius 1 is 1.30 bits per heavy atom. The van der Waals surface area contributed by atoms with Crippen molar-refractivity contribution in [1.82, 2.24) is 19.9 Å². The van der Waals surface area contributed by atoms with E-state index >= 15 is 0 Å². The van der Waals surface area contributed by atoms with Gasteiger partial charge in [-0.15, -0.1) is 0 Å². The molecule has 0 aliphatic rings. The zero-order valence-corrected chi connectivity index (χ0v) is 14.2. The number of nitrogens with zero attached hydrogens (tertiary/aromatic N) is 4. The van der Waals surface area contributed by atoms with Crippen molar-refractivity contribution in [3.05, 3.63) is 30.7 Å². The molecule has 118 valence electrons. The summed E-state index contributed by atoms with van der Waals surface area (Å²) in [6.45, 7) is 3.15. The van der Waals surface area contributed by atoms with E-state index in [1.165, 1.54) is 0 Å². The minimum atomic E-state index is -0.163. The minimum absolute atomic E-state index is 0.163. The van der Waals surface area contributed by atoms with Crippen LogP contribution in [0.4, 0.5) is 11.6 Å². The van der Waals surface area contributed by atoms with E-state index in [1.807, 2.05) is 24.5 Å². The van der Waals surface area contributed by atoms with Crippen molar-refractivity contribution in [2.45, 2.75) is 0 Å². The molecule has 3 aromatic heterocycles. The van der Waals surface area contributed by atoms with Crippen molar-refractivity contribution >= 4 is 36.5 Å². The second-order valence-corrected chi connectivity index (χ2v) is 7.72. The van der Waals surface area contributed by atoms with Crippen LogP contribution in [0.25, 0.3) is 22.3 Å². The lowest BCUT2D eigenvalue weighted by Gasteiger charge is -2.19. The lowest BCUT2D eigenvalue weighted by molar-refractivity contribution is 0.979. The highest BCUT2D eigenvalue weighted by atomic mass is 31.1. The van der Waals surface area contributed by atoms with E-state index in [0.29, 0.717) is 0 Å². The Kier molecular flexibility index (Phi) is 4.26. The molecule has 0 saturated carbocycles. The lowest BCUT2D eigenvalue weighted by Crippen LogP contribution is -2.20. The highest BCUT2D eigenvalue weighted by Gasteiger charge is 2.16. The molecule has 7 heteroatoms. The van der Waals surface area contributed by atoms with E-state index in [-0.39, 0.29) is 13.5 Å². The summed E-state index contributed by atoms with van der Waals surface area (Å²) in [6, 6.07) is 3.89. The fraction of sp³-hybridized carbons (Fsp3) is 0.250. The van der Waals surface area contributed by atoms with Gasteiger partial charge in [0.05, 0.1) is 38.1 Å². The summed E-state index contributed by atoms with van der Waals surface area (Å²) >= 11 is 0. The molecule has 0 aliphatic carbocycles. The largest absolute Gasteiger partial charge is 0.370 e. The number of aromatic nitrogens is 4. The van der Waals surface area contributed by atoms with E-state index in [1.54, 1.807) is 6.20 Å². The third-order valence-electron chi connectivity index (χ3n) is 3.73. The number of aromatic amines is 1. The maximum absolute atomic E-state index is 5.72. The first kappa shape index (κ1) is 15.4. The van der Waals surface area contributed by atoms with Gasteiger partial charge < -0.3 is 15.6 Å². The molecule has 3 rings (SSSR count). The van der Waals surface area contributed by atoms with Gasteiger partial charge in [-0.3, -0.25) is 0 Å². The molecule has 6 nitrogen and oxygen atoms in total. The van der Waals surface area contributed by atoms with Gasteiger partial charge in [-0.25, -0.2) is 15.0 Å². The number of hydrogen-bond donors (Lipinski definition) is 2. The Balaban J connectivity index is 2.09.